The summed E-state index contributed by atoms with van der Waals surface area (Å²) in [4.78, 5) is 0. The van der Waals surface area contributed by atoms with E-state index in [1.807, 2.05) is 0 Å². The highest BCUT2D eigenvalue weighted by atomic mass is 15.0. The van der Waals surface area contributed by atoms with Gasteiger partial charge in [0.25, 0.3) is 0 Å². The Balaban J connectivity index is 1.03. The van der Waals surface area contributed by atoms with Crippen LogP contribution in [0.4, 0.5) is 0 Å². The molecule has 2 aromatic heterocycles. The molecular weight excluding hydrogens is 797 g/mol. The Hall–Kier alpha value is -8.20. The number of aromatic nitrogens is 2. The third kappa shape index (κ3) is 4.96. The number of hydrogen-bond donors (Lipinski definition) is 0. The van der Waals surface area contributed by atoms with E-state index in [1.54, 1.807) is 0 Å². The molecule has 310 valence electrons. The maximum atomic E-state index is 2.56. The van der Waals surface area contributed by atoms with Crippen LogP contribution in [0, 0.1) is 27.7 Å². The number of aryl methyl sites for hydroxylation is 2. The van der Waals surface area contributed by atoms with Gasteiger partial charge in [-0.2, -0.15) is 0 Å². The highest BCUT2D eigenvalue weighted by molar-refractivity contribution is 6.33. The first-order valence-electron chi connectivity index (χ1n) is 23.2. The van der Waals surface area contributed by atoms with Gasteiger partial charge in [0.05, 0.1) is 22.4 Å². The van der Waals surface area contributed by atoms with Crippen molar-refractivity contribution in [2.45, 2.75) is 27.7 Å². The summed E-state index contributed by atoms with van der Waals surface area (Å²) in [7, 11) is 0. The molecule has 0 saturated carbocycles. The maximum absolute atomic E-state index is 2.56. The first-order chi connectivity index (χ1) is 32.4. The van der Waals surface area contributed by atoms with Gasteiger partial charge in [-0.05, 0) is 139 Å². The topological polar surface area (TPSA) is 9.86 Å². The number of benzene rings is 12. The van der Waals surface area contributed by atoms with Crippen LogP contribution in [0.2, 0.25) is 0 Å². The molecule has 14 aromatic rings. The molecule has 2 heteroatoms. The first-order valence-corrected chi connectivity index (χ1v) is 23.2. The summed E-state index contributed by atoms with van der Waals surface area (Å²) in [6, 6.07) is 72.7. The van der Waals surface area contributed by atoms with Crippen molar-refractivity contribution in [3.05, 3.63) is 217 Å². The van der Waals surface area contributed by atoms with Gasteiger partial charge in [0, 0.05) is 43.7 Å². The summed E-state index contributed by atoms with van der Waals surface area (Å²) >= 11 is 0. The quantitative estimate of drug-likeness (QED) is 0.156. The summed E-state index contributed by atoms with van der Waals surface area (Å²) in [6.07, 6.45) is 0. The summed E-state index contributed by atoms with van der Waals surface area (Å²) in [5, 5.41) is 20.5. The van der Waals surface area contributed by atoms with Gasteiger partial charge in [0.2, 0.25) is 0 Å². The standard InChI is InChI=1S/C64H44N2/c1-37-39(3)65(59-33-31-51(49-21-9-11-23-53(49)59)47-25-13-17-41-15-5-7-19-45(41)47)63-55-29-28-44-36-58-38(2)40(4)66(64(58)56-30-27-43(35-57(37)63)61(55)62(44)56)60-34-32-52(50-22-10-12-24-54(50)60)48-26-14-18-42-16-6-8-20-46(42)48/h5-36H,1-4H3. The van der Waals surface area contributed by atoms with Crippen LogP contribution in [0.5, 0.6) is 0 Å². The van der Waals surface area contributed by atoms with Crippen LogP contribution in [-0.2, 0) is 0 Å². The van der Waals surface area contributed by atoms with Gasteiger partial charge < -0.3 is 9.13 Å². The van der Waals surface area contributed by atoms with Crippen LogP contribution >= 0.6 is 0 Å². The minimum Gasteiger partial charge on any atom is -0.312 e. The van der Waals surface area contributed by atoms with Gasteiger partial charge in [0.15, 0.2) is 0 Å². The van der Waals surface area contributed by atoms with E-state index in [1.165, 1.54) is 153 Å². The zero-order valence-electron chi connectivity index (χ0n) is 37.4. The Morgan fingerprint density at radius 3 is 1.06 bits per heavy atom. The average Bonchev–Trinajstić information content (AvgIpc) is 3.77. The first kappa shape index (κ1) is 37.2. The third-order valence-electron chi connectivity index (χ3n) is 15.3. The normalized spacial score (nSPS) is 12.2. The number of rotatable bonds is 4. The van der Waals surface area contributed by atoms with E-state index in [2.05, 4.69) is 231 Å². The molecule has 0 radical (unpaired) electrons. The lowest BCUT2D eigenvalue weighted by Gasteiger charge is -2.19. The fourth-order valence-corrected chi connectivity index (χ4v) is 12.0. The van der Waals surface area contributed by atoms with Gasteiger partial charge in [-0.3, -0.25) is 0 Å². The van der Waals surface area contributed by atoms with Crippen molar-refractivity contribution >= 4 is 97.2 Å². The minimum atomic E-state index is 1.21. The molecule has 0 aliphatic heterocycles. The maximum Gasteiger partial charge on any atom is 0.0613 e. The molecule has 12 aromatic carbocycles. The average molecular weight is 841 g/mol. The van der Waals surface area contributed by atoms with E-state index in [0.29, 0.717) is 0 Å². The van der Waals surface area contributed by atoms with Gasteiger partial charge in [0.1, 0.15) is 0 Å². The van der Waals surface area contributed by atoms with Crippen LogP contribution in [0.15, 0.2) is 194 Å². The Morgan fingerprint density at radius 2 is 0.621 bits per heavy atom. The Bertz CT molecular complexity index is 4090. The number of fused-ring (bicyclic) bond motifs is 8. The van der Waals surface area contributed by atoms with E-state index in [-0.39, 0.29) is 0 Å². The fourth-order valence-electron chi connectivity index (χ4n) is 12.0. The van der Waals surface area contributed by atoms with E-state index in [0.717, 1.165) is 0 Å². The summed E-state index contributed by atoms with van der Waals surface area (Å²) in [6.45, 7) is 9.20. The molecule has 0 aliphatic carbocycles. The molecule has 0 spiro atoms. The molecule has 0 saturated heterocycles. The van der Waals surface area contributed by atoms with E-state index in [4.69, 9.17) is 0 Å². The van der Waals surface area contributed by atoms with E-state index >= 15 is 0 Å². The van der Waals surface area contributed by atoms with Crippen LogP contribution in [-0.4, -0.2) is 9.13 Å². The Labute approximate surface area is 382 Å². The molecule has 0 amide bonds. The third-order valence-corrected chi connectivity index (χ3v) is 15.3. The molecule has 0 unspecified atom stereocenters. The molecular formula is C64H44N2. The lowest BCUT2D eigenvalue weighted by molar-refractivity contribution is 1.05. The number of hydrogen-bond acceptors (Lipinski definition) is 0. The molecule has 0 N–H and O–H groups in total. The second kappa shape index (κ2) is 13.7. The van der Waals surface area contributed by atoms with Crippen molar-refractivity contribution in [1.29, 1.82) is 0 Å². The lowest BCUT2D eigenvalue weighted by atomic mass is 9.90. The van der Waals surface area contributed by atoms with Crippen molar-refractivity contribution in [2.75, 3.05) is 0 Å². The van der Waals surface area contributed by atoms with Crippen LogP contribution in [0.25, 0.3) is 131 Å². The van der Waals surface area contributed by atoms with E-state index < -0.39 is 0 Å². The Morgan fingerprint density at radius 1 is 0.258 bits per heavy atom. The van der Waals surface area contributed by atoms with Crippen molar-refractivity contribution in [1.82, 2.24) is 9.13 Å². The summed E-state index contributed by atoms with van der Waals surface area (Å²) in [5.74, 6) is 0. The molecule has 2 nitrogen and oxygen atoms in total. The second-order valence-electron chi connectivity index (χ2n) is 18.5. The molecule has 0 bridgehead atoms. The number of nitrogens with zero attached hydrogens (tertiary/aromatic N) is 2. The van der Waals surface area contributed by atoms with Crippen molar-refractivity contribution in [2.24, 2.45) is 0 Å². The zero-order chi connectivity index (χ0) is 43.9. The predicted octanol–water partition coefficient (Wildman–Crippen LogP) is 17.7. The van der Waals surface area contributed by atoms with E-state index in [9.17, 15) is 0 Å². The van der Waals surface area contributed by atoms with Gasteiger partial charge in [-0.15, -0.1) is 0 Å². The molecule has 14 rings (SSSR count). The highest BCUT2D eigenvalue weighted by Crippen LogP contribution is 2.47. The lowest BCUT2D eigenvalue weighted by Crippen LogP contribution is -2.00. The largest absolute Gasteiger partial charge is 0.312 e. The SMILES string of the molecule is Cc1c(C)n(-c2ccc(-c3cccc4ccccc34)c3ccccc23)c2c1cc1ccc3c4c(ccc2c14)cc1c(C)c(C)n(-c2ccc(-c4cccc5ccccc45)c4ccccc24)c13. The molecule has 2 heterocycles. The van der Waals surface area contributed by atoms with Gasteiger partial charge in [-0.1, -0.05) is 170 Å². The zero-order valence-corrected chi connectivity index (χ0v) is 37.4. The molecule has 66 heavy (non-hydrogen) atoms. The Kier molecular flexibility index (Phi) is 7.70. The van der Waals surface area contributed by atoms with Gasteiger partial charge in [-0.25, -0.2) is 0 Å². The minimum absolute atomic E-state index is 1.21. The predicted molar refractivity (Wildman–Crippen MR) is 284 cm³/mol. The summed E-state index contributed by atoms with van der Waals surface area (Å²) in [5.41, 5.74) is 15.2. The van der Waals surface area contributed by atoms with Crippen molar-refractivity contribution < 1.29 is 0 Å². The molecule has 0 fully saturated rings. The van der Waals surface area contributed by atoms with Crippen LogP contribution < -0.4 is 0 Å². The smallest absolute Gasteiger partial charge is 0.0613 e. The highest BCUT2D eigenvalue weighted by Gasteiger charge is 2.24. The van der Waals surface area contributed by atoms with Gasteiger partial charge >= 0.3 is 0 Å². The van der Waals surface area contributed by atoms with Crippen molar-refractivity contribution in [3.63, 3.8) is 0 Å². The second-order valence-corrected chi connectivity index (χ2v) is 18.5. The fraction of sp³-hybridized carbons (Fsp3) is 0.0625. The monoisotopic (exact) mass is 840 g/mol. The molecule has 0 atom stereocenters. The molecule has 0 aliphatic rings. The van der Waals surface area contributed by atoms with Crippen LogP contribution in [0.3, 0.4) is 0 Å². The van der Waals surface area contributed by atoms with Crippen LogP contribution in [0.1, 0.15) is 22.5 Å². The summed E-state index contributed by atoms with van der Waals surface area (Å²) < 4.78 is 5.12. The van der Waals surface area contributed by atoms with Crippen molar-refractivity contribution in [3.8, 4) is 33.6 Å².